The van der Waals surface area contributed by atoms with E-state index >= 15 is 0 Å². The number of rotatable bonds is 6. The van der Waals surface area contributed by atoms with Crippen LogP contribution in [-0.4, -0.2) is 50.3 Å². The van der Waals surface area contributed by atoms with Gasteiger partial charge in [0.1, 0.15) is 0 Å². The van der Waals surface area contributed by atoms with Crippen LogP contribution in [0.5, 0.6) is 0 Å². The third-order valence-corrected chi connectivity index (χ3v) is 3.82. The van der Waals surface area contributed by atoms with Gasteiger partial charge >= 0.3 is 0 Å². The summed E-state index contributed by atoms with van der Waals surface area (Å²) in [5.74, 6) is 0.975. The number of hydrogen-bond acceptors (Lipinski definition) is 3. The van der Waals surface area contributed by atoms with E-state index in [1.165, 1.54) is 32.2 Å². The van der Waals surface area contributed by atoms with E-state index in [4.69, 9.17) is 4.74 Å². The first-order valence-electron chi connectivity index (χ1n) is 6.84. The van der Waals surface area contributed by atoms with E-state index in [2.05, 4.69) is 24.2 Å². The van der Waals surface area contributed by atoms with E-state index < -0.39 is 0 Å². The van der Waals surface area contributed by atoms with Gasteiger partial charge in [-0.3, -0.25) is 4.90 Å². The quantitative estimate of drug-likeness (QED) is 0.742. The van der Waals surface area contributed by atoms with Crippen LogP contribution in [0.2, 0.25) is 0 Å². The van der Waals surface area contributed by atoms with Crippen LogP contribution in [0.15, 0.2) is 0 Å². The highest BCUT2D eigenvalue weighted by Gasteiger charge is 2.32. The molecule has 0 bridgehead atoms. The molecule has 3 heteroatoms. The molecule has 0 aromatic heterocycles. The molecular formula is C13H26N2O. The average Bonchev–Trinajstić information content (AvgIpc) is 3.10. The van der Waals surface area contributed by atoms with Gasteiger partial charge in [-0.15, -0.1) is 0 Å². The number of likely N-dealkylation sites (N-methyl/N-ethyl adjacent to an activating group) is 1. The summed E-state index contributed by atoms with van der Waals surface area (Å²) in [6, 6.07) is 0.562. The topological polar surface area (TPSA) is 24.5 Å². The van der Waals surface area contributed by atoms with Crippen molar-refractivity contribution in [2.75, 3.05) is 33.3 Å². The molecule has 1 aliphatic carbocycles. The maximum atomic E-state index is 5.93. The molecule has 1 N–H and O–H groups in total. The summed E-state index contributed by atoms with van der Waals surface area (Å²) in [6.07, 6.45) is 5.83. The minimum atomic E-state index is 0.408. The van der Waals surface area contributed by atoms with Crippen molar-refractivity contribution >= 4 is 0 Å². The van der Waals surface area contributed by atoms with E-state index in [0.29, 0.717) is 12.1 Å². The van der Waals surface area contributed by atoms with Gasteiger partial charge in [0.25, 0.3) is 0 Å². The molecule has 94 valence electrons. The summed E-state index contributed by atoms with van der Waals surface area (Å²) in [5, 5.41) is 3.45. The zero-order valence-corrected chi connectivity index (χ0v) is 10.7. The highest BCUT2D eigenvalue weighted by molar-refractivity contribution is 4.87. The standard InChI is InChI=1S/C13H26N2O/c1-3-6-15-7-8-16-13(10-15)12(14-2)9-11-4-5-11/h11-14H,3-10H2,1-2H3. The fraction of sp³-hybridized carbons (Fsp3) is 1.00. The Morgan fingerprint density at radius 1 is 1.44 bits per heavy atom. The summed E-state index contributed by atoms with van der Waals surface area (Å²) in [6.45, 7) is 6.62. The second-order valence-electron chi connectivity index (χ2n) is 5.28. The van der Waals surface area contributed by atoms with Crippen LogP contribution in [0, 0.1) is 5.92 Å². The molecule has 2 fully saturated rings. The van der Waals surface area contributed by atoms with Crippen LogP contribution in [-0.2, 0) is 4.74 Å². The maximum absolute atomic E-state index is 5.93. The molecule has 16 heavy (non-hydrogen) atoms. The van der Waals surface area contributed by atoms with Gasteiger partial charge in [-0.05, 0) is 32.4 Å². The molecular weight excluding hydrogens is 200 g/mol. The lowest BCUT2D eigenvalue weighted by Gasteiger charge is -2.37. The molecule has 1 heterocycles. The van der Waals surface area contributed by atoms with Crippen molar-refractivity contribution in [1.82, 2.24) is 10.2 Å². The minimum absolute atomic E-state index is 0.408. The van der Waals surface area contributed by atoms with Crippen LogP contribution in [0.4, 0.5) is 0 Å². The summed E-state index contributed by atoms with van der Waals surface area (Å²) in [5.41, 5.74) is 0. The van der Waals surface area contributed by atoms with Crippen molar-refractivity contribution in [2.45, 2.75) is 44.8 Å². The van der Waals surface area contributed by atoms with Crippen molar-refractivity contribution in [3.8, 4) is 0 Å². The fourth-order valence-electron chi connectivity index (χ4n) is 2.66. The first-order chi connectivity index (χ1) is 7.83. The van der Waals surface area contributed by atoms with E-state index in [-0.39, 0.29) is 0 Å². The van der Waals surface area contributed by atoms with Gasteiger partial charge in [0.05, 0.1) is 12.7 Å². The Morgan fingerprint density at radius 3 is 2.88 bits per heavy atom. The van der Waals surface area contributed by atoms with Crippen LogP contribution < -0.4 is 5.32 Å². The molecule has 0 aromatic carbocycles. The molecule has 0 aromatic rings. The predicted molar refractivity (Wildman–Crippen MR) is 66.7 cm³/mol. The van der Waals surface area contributed by atoms with E-state index in [1.807, 2.05) is 0 Å². The van der Waals surface area contributed by atoms with E-state index in [1.54, 1.807) is 0 Å². The van der Waals surface area contributed by atoms with Crippen molar-refractivity contribution in [3.05, 3.63) is 0 Å². The Bertz CT molecular complexity index is 204. The smallest absolute Gasteiger partial charge is 0.0855 e. The molecule has 1 saturated heterocycles. The lowest BCUT2D eigenvalue weighted by molar-refractivity contribution is -0.0472. The average molecular weight is 226 g/mol. The molecule has 2 unspecified atom stereocenters. The molecule has 1 aliphatic heterocycles. The van der Waals surface area contributed by atoms with Gasteiger partial charge in [0, 0.05) is 19.1 Å². The Labute approximate surface area is 99.5 Å². The normalized spacial score (nSPS) is 29.2. The lowest BCUT2D eigenvalue weighted by atomic mass is 10.0. The van der Waals surface area contributed by atoms with Crippen LogP contribution >= 0.6 is 0 Å². The molecule has 2 aliphatic rings. The van der Waals surface area contributed by atoms with Crippen molar-refractivity contribution < 1.29 is 4.74 Å². The SMILES string of the molecule is CCCN1CCOC(C(CC2CC2)NC)C1. The van der Waals surface area contributed by atoms with Gasteiger partial charge in [-0.2, -0.15) is 0 Å². The zero-order chi connectivity index (χ0) is 11.4. The van der Waals surface area contributed by atoms with Gasteiger partial charge < -0.3 is 10.1 Å². The second-order valence-corrected chi connectivity index (χ2v) is 5.28. The molecule has 2 atom stereocenters. The molecule has 3 nitrogen and oxygen atoms in total. The van der Waals surface area contributed by atoms with Gasteiger partial charge in [-0.25, -0.2) is 0 Å². The highest BCUT2D eigenvalue weighted by Crippen LogP contribution is 2.34. The van der Waals surface area contributed by atoms with E-state index in [0.717, 1.165) is 25.6 Å². The summed E-state index contributed by atoms with van der Waals surface area (Å²) >= 11 is 0. The van der Waals surface area contributed by atoms with Gasteiger partial charge in [0.2, 0.25) is 0 Å². The monoisotopic (exact) mass is 226 g/mol. The van der Waals surface area contributed by atoms with Crippen molar-refractivity contribution in [1.29, 1.82) is 0 Å². The summed E-state index contributed by atoms with van der Waals surface area (Å²) < 4.78 is 5.93. The fourth-order valence-corrected chi connectivity index (χ4v) is 2.66. The number of nitrogens with one attached hydrogen (secondary N) is 1. The maximum Gasteiger partial charge on any atom is 0.0855 e. The van der Waals surface area contributed by atoms with Crippen LogP contribution in [0.25, 0.3) is 0 Å². The second kappa shape index (κ2) is 5.99. The predicted octanol–water partition coefficient (Wildman–Crippen LogP) is 1.49. The zero-order valence-electron chi connectivity index (χ0n) is 10.7. The molecule has 2 rings (SSSR count). The van der Waals surface area contributed by atoms with Crippen molar-refractivity contribution in [2.24, 2.45) is 5.92 Å². The Hall–Kier alpha value is -0.120. The van der Waals surface area contributed by atoms with Crippen LogP contribution in [0.1, 0.15) is 32.6 Å². The third-order valence-electron chi connectivity index (χ3n) is 3.82. The number of hydrogen-bond donors (Lipinski definition) is 1. The lowest BCUT2D eigenvalue weighted by Crippen LogP contribution is -2.51. The first-order valence-corrected chi connectivity index (χ1v) is 6.84. The van der Waals surface area contributed by atoms with Gasteiger partial charge in [-0.1, -0.05) is 19.8 Å². The first kappa shape index (κ1) is 12.3. The largest absolute Gasteiger partial charge is 0.374 e. The Morgan fingerprint density at radius 2 is 2.25 bits per heavy atom. The number of nitrogens with zero attached hydrogens (tertiary/aromatic N) is 1. The Kier molecular flexibility index (Phi) is 4.62. The van der Waals surface area contributed by atoms with Crippen LogP contribution in [0.3, 0.4) is 0 Å². The summed E-state index contributed by atoms with van der Waals surface area (Å²) in [7, 11) is 2.08. The molecule has 1 saturated carbocycles. The molecule has 0 spiro atoms. The van der Waals surface area contributed by atoms with E-state index in [9.17, 15) is 0 Å². The number of ether oxygens (including phenoxy) is 1. The van der Waals surface area contributed by atoms with Gasteiger partial charge in [0.15, 0.2) is 0 Å². The summed E-state index contributed by atoms with van der Waals surface area (Å²) in [4.78, 5) is 2.55. The Balaban J connectivity index is 1.80. The molecule has 0 radical (unpaired) electrons. The minimum Gasteiger partial charge on any atom is -0.374 e. The number of morpholine rings is 1. The van der Waals surface area contributed by atoms with Crippen molar-refractivity contribution in [3.63, 3.8) is 0 Å². The third kappa shape index (κ3) is 3.44. The highest BCUT2D eigenvalue weighted by atomic mass is 16.5. The molecule has 0 amide bonds.